The summed E-state index contributed by atoms with van der Waals surface area (Å²) in [6.45, 7) is 4.97. The summed E-state index contributed by atoms with van der Waals surface area (Å²) in [4.78, 5) is 12.6. The predicted molar refractivity (Wildman–Crippen MR) is 93.2 cm³/mol. The van der Waals surface area contributed by atoms with Crippen LogP contribution in [0.25, 0.3) is 11.4 Å². The van der Waals surface area contributed by atoms with E-state index in [1.807, 2.05) is 32.0 Å². The summed E-state index contributed by atoms with van der Waals surface area (Å²) in [5.74, 6) is 0.916. The lowest BCUT2D eigenvalue weighted by molar-refractivity contribution is 0.100. The second-order valence-corrected chi connectivity index (χ2v) is 5.72. The Kier molecular flexibility index (Phi) is 4.74. The number of carbonyl (C=O) groups excluding carboxylic acids is 1. The first-order valence-electron chi connectivity index (χ1n) is 7.91. The van der Waals surface area contributed by atoms with Gasteiger partial charge in [0.1, 0.15) is 12.4 Å². The third-order valence-corrected chi connectivity index (χ3v) is 3.83. The zero-order chi connectivity index (χ0) is 17.8. The minimum absolute atomic E-state index is 0.443. The van der Waals surface area contributed by atoms with Crippen LogP contribution < -0.4 is 10.5 Å². The van der Waals surface area contributed by atoms with Gasteiger partial charge in [0.25, 0.3) is 0 Å². The zero-order valence-electron chi connectivity index (χ0n) is 14.1. The minimum Gasteiger partial charge on any atom is -0.491 e. The van der Waals surface area contributed by atoms with E-state index in [0.29, 0.717) is 24.5 Å². The van der Waals surface area contributed by atoms with Gasteiger partial charge in [-0.3, -0.25) is 4.79 Å². The average molecular weight is 337 g/mol. The van der Waals surface area contributed by atoms with E-state index >= 15 is 0 Å². The number of benzene rings is 2. The minimum atomic E-state index is -0.466. The third kappa shape index (κ3) is 3.82. The number of nitrogens with zero attached hydrogens (tertiary/aromatic N) is 4. The monoisotopic (exact) mass is 337 g/mol. The number of para-hydroxylation sites is 1. The SMILES string of the molecule is Cc1cccc(C)c1OCCn1nnc(-c2ccc(C(N)=O)cc2)n1. The molecule has 0 radical (unpaired) electrons. The summed E-state index contributed by atoms with van der Waals surface area (Å²) in [6, 6.07) is 12.8. The molecule has 0 bridgehead atoms. The molecule has 0 atom stereocenters. The molecule has 1 heterocycles. The number of hydrogen-bond acceptors (Lipinski definition) is 5. The number of carbonyl (C=O) groups is 1. The van der Waals surface area contributed by atoms with Crippen molar-refractivity contribution in [2.24, 2.45) is 5.73 Å². The Balaban J connectivity index is 1.63. The number of amides is 1. The fourth-order valence-electron chi connectivity index (χ4n) is 2.49. The molecule has 0 saturated heterocycles. The van der Waals surface area contributed by atoms with Crippen LogP contribution in [0.3, 0.4) is 0 Å². The topological polar surface area (TPSA) is 95.9 Å². The number of rotatable bonds is 6. The largest absolute Gasteiger partial charge is 0.491 e. The summed E-state index contributed by atoms with van der Waals surface area (Å²) in [5.41, 5.74) is 8.64. The van der Waals surface area contributed by atoms with E-state index in [4.69, 9.17) is 10.5 Å². The number of primary amides is 1. The highest BCUT2D eigenvalue weighted by atomic mass is 16.5. The van der Waals surface area contributed by atoms with Crippen molar-refractivity contribution in [1.82, 2.24) is 20.2 Å². The Morgan fingerprint density at radius 2 is 1.80 bits per heavy atom. The number of aromatic nitrogens is 4. The number of aryl methyl sites for hydroxylation is 2. The maximum absolute atomic E-state index is 11.1. The Hall–Kier alpha value is -3.22. The number of tetrazole rings is 1. The maximum Gasteiger partial charge on any atom is 0.248 e. The van der Waals surface area contributed by atoms with E-state index in [9.17, 15) is 4.79 Å². The second kappa shape index (κ2) is 7.12. The zero-order valence-corrected chi connectivity index (χ0v) is 14.1. The molecule has 0 spiro atoms. The Morgan fingerprint density at radius 1 is 1.12 bits per heavy atom. The van der Waals surface area contributed by atoms with E-state index in [-0.39, 0.29) is 0 Å². The van der Waals surface area contributed by atoms with Crippen LogP contribution in [0.15, 0.2) is 42.5 Å². The predicted octanol–water partition coefficient (Wildman–Crippen LogP) is 2.13. The van der Waals surface area contributed by atoms with Crippen LogP contribution in [0.5, 0.6) is 5.75 Å². The number of ether oxygens (including phenoxy) is 1. The van der Waals surface area contributed by atoms with Crippen LogP contribution in [0.2, 0.25) is 0 Å². The Morgan fingerprint density at radius 3 is 2.44 bits per heavy atom. The Bertz CT molecular complexity index is 866. The van der Waals surface area contributed by atoms with E-state index in [0.717, 1.165) is 22.4 Å². The first kappa shape index (κ1) is 16.6. The standard InChI is InChI=1S/C18H19N5O2/c1-12-4-3-5-13(2)16(12)25-11-10-23-21-18(20-22-23)15-8-6-14(7-9-15)17(19)24/h3-9H,10-11H2,1-2H3,(H2,19,24). The van der Waals surface area contributed by atoms with Gasteiger partial charge >= 0.3 is 0 Å². The molecular formula is C18H19N5O2. The van der Waals surface area contributed by atoms with Crippen molar-refractivity contribution in [3.05, 3.63) is 59.2 Å². The van der Waals surface area contributed by atoms with Crippen LogP contribution in [-0.2, 0) is 6.54 Å². The molecule has 0 fully saturated rings. The summed E-state index contributed by atoms with van der Waals surface area (Å²) in [6.07, 6.45) is 0. The molecule has 128 valence electrons. The lowest BCUT2D eigenvalue weighted by Gasteiger charge is -2.11. The van der Waals surface area contributed by atoms with E-state index in [1.54, 1.807) is 24.3 Å². The van der Waals surface area contributed by atoms with Crippen molar-refractivity contribution in [1.29, 1.82) is 0 Å². The third-order valence-electron chi connectivity index (χ3n) is 3.83. The summed E-state index contributed by atoms with van der Waals surface area (Å²) in [7, 11) is 0. The van der Waals surface area contributed by atoms with E-state index in [1.165, 1.54) is 4.80 Å². The first-order chi connectivity index (χ1) is 12.0. The van der Waals surface area contributed by atoms with Crippen molar-refractivity contribution < 1.29 is 9.53 Å². The smallest absolute Gasteiger partial charge is 0.248 e. The van der Waals surface area contributed by atoms with Crippen molar-refractivity contribution in [3.8, 4) is 17.1 Å². The van der Waals surface area contributed by atoms with Crippen LogP contribution in [0.1, 0.15) is 21.5 Å². The van der Waals surface area contributed by atoms with Crippen LogP contribution >= 0.6 is 0 Å². The van der Waals surface area contributed by atoms with Crippen LogP contribution in [0, 0.1) is 13.8 Å². The molecule has 2 aromatic carbocycles. The average Bonchev–Trinajstić information content (AvgIpc) is 3.06. The van der Waals surface area contributed by atoms with Gasteiger partial charge in [0.2, 0.25) is 11.7 Å². The van der Waals surface area contributed by atoms with Gasteiger partial charge in [-0.2, -0.15) is 4.80 Å². The van der Waals surface area contributed by atoms with Crippen LogP contribution in [-0.4, -0.2) is 32.7 Å². The molecule has 25 heavy (non-hydrogen) atoms. The number of hydrogen-bond donors (Lipinski definition) is 1. The lowest BCUT2D eigenvalue weighted by atomic mass is 10.1. The first-order valence-corrected chi connectivity index (χ1v) is 7.91. The molecule has 0 unspecified atom stereocenters. The van der Waals surface area contributed by atoms with Crippen molar-refractivity contribution in [2.45, 2.75) is 20.4 Å². The quantitative estimate of drug-likeness (QED) is 0.743. The molecule has 7 nitrogen and oxygen atoms in total. The van der Waals surface area contributed by atoms with Crippen molar-refractivity contribution >= 4 is 5.91 Å². The highest BCUT2D eigenvalue weighted by Gasteiger charge is 2.08. The molecule has 2 N–H and O–H groups in total. The molecule has 1 amide bonds. The van der Waals surface area contributed by atoms with Gasteiger partial charge in [-0.25, -0.2) is 0 Å². The van der Waals surface area contributed by atoms with Gasteiger partial charge in [-0.05, 0) is 42.3 Å². The van der Waals surface area contributed by atoms with Gasteiger partial charge in [0, 0.05) is 11.1 Å². The highest BCUT2D eigenvalue weighted by Crippen LogP contribution is 2.22. The molecule has 0 aliphatic carbocycles. The maximum atomic E-state index is 11.1. The van der Waals surface area contributed by atoms with Gasteiger partial charge in [0.15, 0.2) is 0 Å². The molecule has 7 heteroatoms. The van der Waals surface area contributed by atoms with Crippen molar-refractivity contribution in [3.63, 3.8) is 0 Å². The van der Waals surface area contributed by atoms with Gasteiger partial charge < -0.3 is 10.5 Å². The summed E-state index contributed by atoms with van der Waals surface area (Å²) in [5, 5.41) is 12.4. The Labute approximate surface area is 145 Å². The van der Waals surface area contributed by atoms with E-state index < -0.39 is 5.91 Å². The van der Waals surface area contributed by atoms with E-state index in [2.05, 4.69) is 15.4 Å². The van der Waals surface area contributed by atoms with Gasteiger partial charge in [0.05, 0.1) is 6.54 Å². The van der Waals surface area contributed by atoms with Crippen molar-refractivity contribution in [2.75, 3.05) is 6.61 Å². The van der Waals surface area contributed by atoms with Crippen LogP contribution in [0.4, 0.5) is 0 Å². The molecule has 0 saturated carbocycles. The lowest BCUT2D eigenvalue weighted by Crippen LogP contribution is -2.12. The molecule has 1 aromatic heterocycles. The molecule has 3 aromatic rings. The highest BCUT2D eigenvalue weighted by molar-refractivity contribution is 5.93. The molecule has 3 rings (SSSR count). The fourth-order valence-corrected chi connectivity index (χ4v) is 2.49. The molecule has 0 aliphatic rings. The fraction of sp³-hybridized carbons (Fsp3) is 0.222. The summed E-state index contributed by atoms with van der Waals surface area (Å²) < 4.78 is 5.85. The molecule has 0 aliphatic heterocycles. The van der Waals surface area contributed by atoms with Gasteiger partial charge in [-0.15, -0.1) is 10.2 Å². The van der Waals surface area contributed by atoms with Gasteiger partial charge in [-0.1, -0.05) is 30.3 Å². The normalized spacial score (nSPS) is 10.6. The number of nitrogens with two attached hydrogens (primary N) is 1. The molecular weight excluding hydrogens is 318 g/mol. The summed E-state index contributed by atoms with van der Waals surface area (Å²) >= 11 is 0. The second-order valence-electron chi connectivity index (χ2n) is 5.72.